The molecule has 0 aliphatic carbocycles. The summed E-state index contributed by atoms with van der Waals surface area (Å²) in [5.41, 5.74) is 0. The summed E-state index contributed by atoms with van der Waals surface area (Å²) in [6.07, 6.45) is 42.6. The molecule has 10 heteroatoms. The second-order valence-electron chi connectivity index (χ2n) is 13.1. The predicted octanol–water partition coefficient (Wildman–Crippen LogP) is 11.2. The Bertz CT molecular complexity index is 1040. The fourth-order valence-electron chi connectivity index (χ4n) is 5.11. The van der Waals surface area contributed by atoms with Crippen molar-refractivity contribution in [2.75, 3.05) is 33.4 Å². The average molecular weight is 752 g/mol. The van der Waals surface area contributed by atoms with Crippen LogP contribution in [0.3, 0.4) is 0 Å². The molecule has 0 rings (SSSR count). The van der Waals surface area contributed by atoms with Crippen LogP contribution in [0.25, 0.3) is 0 Å². The van der Waals surface area contributed by atoms with Gasteiger partial charge in [-0.3, -0.25) is 18.6 Å². The largest absolute Gasteiger partial charge is 0.472 e. The molecular weight excluding hydrogens is 677 g/mol. The monoisotopic (exact) mass is 752 g/mol. The minimum Gasteiger partial charge on any atom is -0.462 e. The van der Waals surface area contributed by atoms with Gasteiger partial charge in [-0.05, 0) is 64.8 Å². The van der Waals surface area contributed by atoms with Crippen LogP contribution in [0.15, 0.2) is 60.8 Å². The number of likely N-dealkylation sites (N-methyl/N-ethyl adjacent to an activating group) is 1. The molecule has 0 amide bonds. The molecule has 300 valence electrons. The summed E-state index contributed by atoms with van der Waals surface area (Å²) in [4.78, 5) is 34.9. The minimum absolute atomic E-state index is 0.0242. The van der Waals surface area contributed by atoms with Crippen LogP contribution in [-0.2, 0) is 32.7 Å². The third-order valence-corrected chi connectivity index (χ3v) is 9.14. The van der Waals surface area contributed by atoms with Crippen molar-refractivity contribution in [3.8, 4) is 0 Å². The molecule has 0 aromatic carbocycles. The second kappa shape index (κ2) is 38.4. The lowest BCUT2D eigenvalue weighted by Gasteiger charge is -2.20. The number of carbonyl (C=O) groups is 2. The van der Waals surface area contributed by atoms with Gasteiger partial charge in [-0.15, -0.1) is 0 Å². The topological polar surface area (TPSA) is 120 Å². The maximum Gasteiger partial charge on any atom is 0.472 e. The molecule has 9 nitrogen and oxygen atoms in total. The van der Waals surface area contributed by atoms with E-state index in [2.05, 4.69) is 79.9 Å². The van der Waals surface area contributed by atoms with E-state index >= 15 is 0 Å². The van der Waals surface area contributed by atoms with Crippen molar-refractivity contribution in [2.45, 2.75) is 161 Å². The van der Waals surface area contributed by atoms with Crippen molar-refractivity contribution in [3.63, 3.8) is 0 Å². The van der Waals surface area contributed by atoms with E-state index in [0.29, 0.717) is 19.4 Å². The molecular formula is C42H74NO8P. The van der Waals surface area contributed by atoms with E-state index in [0.717, 1.165) is 70.6 Å². The third-order valence-electron chi connectivity index (χ3n) is 8.15. The molecule has 0 spiro atoms. The van der Waals surface area contributed by atoms with Gasteiger partial charge in [-0.25, -0.2) is 4.57 Å². The second-order valence-corrected chi connectivity index (χ2v) is 14.5. The number of unbranched alkanes of at least 4 members (excludes halogenated alkanes) is 13. The molecule has 52 heavy (non-hydrogen) atoms. The Morgan fingerprint density at radius 2 is 1.10 bits per heavy atom. The van der Waals surface area contributed by atoms with E-state index in [1.807, 2.05) is 0 Å². The van der Waals surface area contributed by atoms with Gasteiger partial charge in [0.05, 0.1) is 13.2 Å². The number of carbonyl (C=O) groups excluding carboxylic acids is 2. The van der Waals surface area contributed by atoms with E-state index in [9.17, 15) is 19.0 Å². The van der Waals surface area contributed by atoms with Crippen molar-refractivity contribution < 1.29 is 37.6 Å². The Kier molecular flexibility index (Phi) is 36.7. The van der Waals surface area contributed by atoms with Crippen LogP contribution in [0.5, 0.6) is 0 Å². The first-order valence-electron chi connectivity index (χ1n) is 20.2. The molecule has 0 fully saturated rings. The van der Waals surface area contributed by atoms with Crippen molar-refractivity contribution >= 4 is 19.8 Å². The van der Waals surface area contributed by atoms with Gasteiger partial charge in [-0.2, -0.15) is 0 Å². The molecule has 2 atom stereocenters. The van der Waals surface area contributed by atoms with Crippen LogP contribution in [0.2, 0.25) is 0 Å². The predicted molar refractivity (Wildman–Crippen MR) is 215 cm³/mol. The Morgan fingerprint density at radius 3 is 1.63 bits per heavy atom. The van der Waals surface area contributed by atoms with Crippen LogP contribution >= 0.6 is 7.82 Å². The summed E-state index contributed by atoms with van der Waals surface area (Å²) in [5, 5.41) is 2.81. The fourth-order valence-corrected chi connectivity index (χ4v) is 5.86. The van der Waals surface area contributed by atoms with E-state index in [1.165, 1.54) is 44.9 Å². The fraction of sp³-hybridized carbons (Fsp3) is 0.714. The number of nitrogens with one attached hydrogen (secondary N) is 1. The van der Waals surface area contributed by atoms with Crippen LogP contribution in [-0.4, -0.2) is 56.3 Å². The molecule has 2 N–H and O–H groups in total. The number of allylic oxidation sites excluding steroid dienone is 10. The standard InChI is InChI=1S/C42H74NO8P/c1-4-6-8-10-12-14-16-17-18-19-20-21-22-23-25-26-28-30-32-34-41(44)48-38-40(39-50-52(46,47)49-37-36-43-3)51-42(45)35-33-31-29-27-24-15-13-11-9-7-5-2/h6,8,12,14,17-18,20-21,23,25,40,43H,4-5,7,9-11,13,15-16,19,22,24,26-39H2,1-3H3,(H,46,47)/b8-6-,14-12-,18-17-,21-20-,25-23-. The number of esters is 2. The van der Waals surface area contributed by atoms with Crippen molar-refractivity contribution in [1.82, 2.24) is 5.32 Å². The van der Waals surface area contributed by atoms with E-state index in [4.69, 9.17) is 18.5 Å². The highest BCUT2D eigenvalue weighted by Crippen LogP contribution is 2.43. The molecule has 0 radical (unpaired) electrons. The lowest BCUT2D eigenvalue weighted by atomic mass is 10.1. The molecule has 0 heterocycles. The zero-order valence-corrected chi connectivity index (χ0v) is 33.9. The van der Waals surface area contributed by atoms with Crippen LogP contribution in [0.1, 0.15) is 155 Å². The van der Waals surface area contributed by atoms with Gasteiger partial charge in [0.25, 0.3) is 0 Å². The molecule has 0 aromatic heterocycles. The van der Waals surface area contributed by atoms with Gasteiger partial charge in [0, 0.05) is 19.4 Å². The average Bonchev–Trinajstić information content (AvgIpc) is 3.12. The van der Waals surface area contributed by atoms with Gasteiger partial charge < -0.3 is 19.7 Å². The molecule has 0 aliphatic rings. The number of hydrogen-bond acceptors (Lipinski definition) is 8. The SMILES string of the molecule is CC/C=C\C/C=C\C/C=C\C/C=C\C/C=C\CCCCCC(=O)OCC(COP(=O)(O)OCCNC)OC(=O)CCCCCCCCCCCCC. The zero-order chi connectivity index (χ0) is 38.2. The Labute approximate surface area is 317 Å². The van der Waals surface area contributed by atoms with Crippen molar-refractivity contribution in [3.05, 3.63) is 60.8 Å². The molecule has 0 saturated carbocycles. The molecule has 0 aliphatic heterocycles. The maximum atomic E-state index is 12.5. The van der Waals surface area contributed by atoms with Gasteiger partial charge >= 0.3 is 19.8 Å². The quantitative estimate of drug-likeness (QED) is 0.0276. The number of ether oxygens (including phenoxy) is 2. The third kappa shape index (κ3) is 37.5. The van der Waals surface area contributed by atoms with Gasteiger partial charge in [0.1, 0.15) is 6.61 Å². The van der Waals surface area contributed by atoms with Crippen LogP contribution < -0.4 is 5.32 Å². The summed E-state index contributed by atoms with van der Waals surface area (Å²) in [5.74, 6) is -0.849. The van der Waals surface area contributed by atoms with Gasteiger partial charge in [0.2, 0.25) is 0 Å². The number of rotatable bonds is 37. The summed E-state index contributed by atoms with van der Waals surface area (Å²) >= 11 is 0. The maximum absolute atomic E-state index is 12.5. The first-order valence-corrected chi connectivity index (χ1v) is 21.7. The highest BCUT2D eigenvalue weighted by atomic mass is 31.2. The summed E-state index contributed by atoms with van der Waals surface area (Å²) in [6.45, 7) is 4.04. The first-order chi connectivity index (χ1) is 25.3. The number of hydrogen-bond donors (Lipinski definition) is 2. The van der Waals surface area contributed by atoms with Gasteiger partial charge in [-0.1, -0.05) is 145 Å². The number of phosphoric ester groups is 1. The molecule has 0 aromatic rings. The lowest BCUT2D eigenvalue weighted by Crippen LogP contribution is -2.29. The van der Waals surface area contributed by atoms with Crippen LogP contribution in [0, 0.1) is 0 Å². The summed E-state index contributed by atoms with van der Waals surface area (Å²) in [7, 11) is -2.66. The number of phosphoric acid groups is 1. The normalized spacial score (nSPS) is 14.0. The Balaban J connectivity index is 4.31. The van der Waals surface area contributed by atoms with E-state index < -0.39 is 32.5 Å². The zero-order valence-electron chi connectivity index (χ0n) is 33.0. The Hall–Kier alpha value is -2.29. The smallest absolute Gasteiger partial charge is 0.462 e. The molecule has 0 bridgehead atoms. The van der Waals surface area contributed by atoms with Crippen molar-refractivity contribution in [2.24, 2.45) is 0 Å². The first kappa shape index (κ1) is 49.7. The Morgan fingerprint density at radius 1 is 0.615 bits per heavy atom. The highest BCUT2D eigenvalue weighted by molar-refractivity contribution is 7.47. The van der Waals surface area contributed by atoms with E-state index in [-0.39, 0.29) is 26.1 Å². The summed E-state index contributed by atoms with van der Waals surface area (Å²) < 4.78 is 33.1. The summed E-state index contributed by atoms with van der Waals surface area (Å²) in [6, 6.07) is 0. The molecule has 0 saturated heterocycles. The van der Waals surface area contributed by atoms with Crippen LogP contribution in [0.4, 0.5) is 0 Å². The minimum atomic E-state index is -4.35. The molecule has 2 unspecified atom stereocenters. The lowest BCUT2D eigenvalue weighted by molar-refractivity contribution is -0.161. The highest BCUT2D eigenvalue weighted by Gasteiger charge is 2.26. The van der Waals surface area contributed by atoms with Gasteiger partial charge in [0.15, 0.2) is 6.10 Å². The van der Waals surface area contributed by atoms with Crippen molar-refractivity contribution in [1.29, 1.82) is 0 Å². The van der Waals surface area contributed by atoms with E-state index in [1.54, 1.807) is 7.05 Å².